The van der Waals surface area contributed by atoms with Crippen LogP contribution in [0.5, 0.6) is 0 Å². The molecule has 2 atom stereocenters. The number of hydrogen-bond acceptors (Lipinski definition) is 4. The Balaban J connectivity index is 0.000000211. The van der Waals surface area contributed by atoms with Gasteiger partial charge >= 0.3 is 0 Å². The quantitative estimate of drug-likeness (QED) is 0.690. The van der Waals surface area contributed by atoms with Crippen molar-refractivity contribution in [3.8, 4) is 0 Å². The van der Waals surface area contributed by atoms with Crippen LogP contribution in [0.25, 0.3) is 0 Å². The molecule has 0 aliphatic carbocycles. The van der Waals surface area contributed by atoms with E-state index in [1.54, 1.807) is 0 Å². The van der Waals surface area contributed by atoms with E-state index in [0.717, 1.165) is 13.0 Å². The van der Waals surface area contributed by atoms with Crippen LogP contribution in [-0.4, -0.2) is 38.0 Å². The zero-order valence-corrected chi connectivity index (χ0v) is 14.3. The number of carbonyl (C=O) groups is 2. The molecule has 122 valence electrons. The summed E-state index contributed by atoms with van der Waals surface area (Å²) in [6.07, 6.45) is 0.891. The van der Waals surface area contributed by atoms with Crippen molar-refractivity contribution in [2.75, 3.05) is 26.4 Å². The van der Waals surface area contributed by atoms with E-state index in [9.17, 15) is 9.59 Å². The number of ketones is 2. The maximum atomic E-state index is 11.3. The summed E-state index contributed by atoms with van der Waals surface area (Å²) in [6, 6.07) is 0. The minimum Gasteiger partial charge on any atom is -0.374 e. The third-order valence-corrected chi connectivity index (χ3v) is 4.19. The highest BCUT2D eigenvalue weighted by Gasteiger charge is 2.35. The second kappa shape index (κ2) is 7.01. The van der Waals surface area contributed by atoms with Gasteiger partial charge in [-0.2, -0.15) is 0 Å². The lowest BCUT2D eigenvalue weighted by Crippen LogP contribution is -2.36. The second-order valence-electron chi connectivity index (χ2n) is 8.13. The lowest BCUT2D eigenvalue weighted by atomic mass is 9.76. The van der Waals surface area contributed by atoms with Gasteiger partial charge in [-0.15, -0.1) is 0 Å². The zero-order valence-electron chi connectivity index (χ0n) is 14.3. The minimum atomic E-state index is 0.0770. The monoisotopic (exact) mass is 298 g/mol. The lowest BCUT2D eigenvalue weighted by molar-refractivity contribution is -0.136. The fourth-order valence-corrected chi connectivity index (χ4v) is 2.76. The molecule has 0 saturated carbocycles. The Bertz CT molecular complexity index is 373. The van der Waals surface area contributed by atoms with E-state index >= 15 is 0 Å². The highest BCUT2D eigenvalue weighted by molar-refractivity contribution is 5.84. The topological polar surface area (TPSA) is 52.6 Å². The first-order valence-electron chi connectivity index (χ1n) is 7.74. The molecule has 2 aliphatic heterocycles. The maximum Gasteiger partial charge on any atom is 0.164 e. The molecular weight excluding hydrogens is 268 g/mol. The van der Waals surface area contributed by atoms with Crippen LogP contribution in [-0.2, 0) is 19.1 Å². The molecule has 0 bridgehead atoms. The predicted molar refractivity (Wildman–Crippen MR) is 82.2 cm³/mol. The van der Waals surface area contributed by atoms with Gasteiger partial charge in [-0.25, -0.2) is 0 Å². The van der Waals surface area contributed by atoms with Crippen LogP contribution in [0.3, 0.4) is 0 Å². The summed E-state index contributed by atoms with van der Waals surface area (Å²) in [5.74, 6) is 0.847. The number of rotatable bonds is 0. The van der Waals surface area contributed by atoms with E-state index in [1.807, 2.05) is 0 Å². The van der Waals surface area contributed by atoms with Crippen molar-refractivity contribution in [3.63, 3.8) is 0 Å². The summed E-state index contributed by atoms with van der Waals surface area (Å²) in [4.78, 5) is 22.4. The molecule has 21 heavy (non-hydrogen) atoms. The minimum absolute atomic E-state index is 0.0770. The number of carbonyl (C=O) groups excluding carboxylic acids is 2. The van der Waals surface area contributed by atoms with Crippen molar-refractivity contribution in [1.82, 2.24) is 0 Å². The molecule has 2 saturated heterocycles. The van der Waals surface area contributed by atoms with E-state index in [-0.39, 0.29) is 34.2 Å². The fourth-order valence-electron chi connectivity index (χ4n) is 2.76. The van der Waals surface area contributed by atoms with Crippen LogP contribution in [0.15, 0.2) is 0 Å². The summed E-state index contributed by atoms with van der Waals surface area (Å²) < 4.78 is 10.1. The van der Waals surface area contributed by atoms with Gasteiger partial charge in [-0.1, -0.05) is 41.5 Å². The lowest BCUT2D eigenvalue weighted by Gasteiger charge is -2.32. The first kappa shape index (κ1) is 18.3. The third kappa shape index (κ3) is 5.51. The fraction of sp³-hybridized carbons (Fsp3) is 0.882. The maximum absolute atomic E-state index is 11.3. The second-order valence-corrected chi connectivity index (χ2v) is 8.13. The van der Waals surface area contributed by atoms with Gasteiger partial charge in [0.2, 0.25) is 0 Å². The highest BCUT2D eigenvalue weighted by Crippen LogP contribution is 2.31. The molecule has 0 spiro atoms. The van der Waals surface area contributed by atoms with E-state index in [4.69, 9.17) is 9.47 Å². The van der Waals surface area contributed by atoms with Gasteiger partial charge < -0.3 is 9.47 Å². The van der Waals surface area contributed by atoms with Crippen molar-refractivity contribution in [3.05, 3.63) is 0 Å². The SMILES string of the molecule is CC(C)(C)C1CCOCC1=O.CC(C)(C)C1COCC1=O. The molecule has 2 heterocycles. The Hall–Kier alpha value is -0.740. The van der Waals surface area contributed by atoms with E-state index in [0.29, 0.717) is 19.8 Å². The molecule has 0 radical (unpaired) electrons. The van der Waals surface area contributed by atoms with Gasteiger partial charge in [-0.05, 0) is 17.3 Å². The molecule has 4 heteroatoms. The highest BCUT2D eigenvalue weighted by atomic mass is 16.5. The van der Waals surface area contributed by atoms with Gasteiger partial charge in [0.15, 0.2) is 11.6 Å². The molecule has 0 aromatic heterocycles. The standard InChI is InChI=1S/C9H16O2.C8H14O2/c1-9(2,3)7-4-5-11-6-8(7)10;1-8(2,3)6-4-10-5-7(6)9/h7H,4-6H2,1-3H3;6H,4-5H2,1-3H3. The zero-order chi connectivity index (χ0) is 16.3. The molecule has 2 fully saturated rings. The van der Waals surface area contributed by atoms with E-state index in [1.165, 1.54) is 0 Å². The van der Waals surface area contributed by atoms with Crippen molar-refractivity contribution in [2.24, 2.45) is 22.7 Å². The Morgan fingerprint density at radius 3 is 1.57 bits per heavy atom. The molecule has 2 aliphatic rings. The van der Waals surface area contributed by atoms with Crippen molar-refractivity contribution < 1.29 is 19.1 Å². The van der Waals surface area contributed by atoms with Crippen LogP contribution in [0.1, 0.15) is 48.0 Å². The van der Waals surface area contributed by atoms with Gasteiger partial charge in [-0.3, -0.25) is 9.59 Å². The molecule has 2 rings (SSSR count). The van der Waals surface area contributed by atoms with E-state index in [2.05, 4.69) is 41.5 Å². The molecule has 2 unspecified atom stereocenters. The van der Waals surface area contributed by atoms with Crippen molar-refractivity contribution >= 4 is 11.6 Å². The first-order valence-corrected chi connectivity index (χ1v) is 7.74. The average molecular weight is 298 g/mol. The van der Waals surface area contributed by atoms with Crippen LogP contribution in [0.4, 0.5) is 0 Å². The number of Topliss-reactive ketones (excluding diaryl/α,β-unsaturated/α-hetero) is 2. The summed E-state index contributed by atoms with van der Waals surface area (Å²) in [5, 5.41) is 0. The van der Waals surface area contributed by atoms with Crippen LogP contribution in [0.2, 0.25) is 0 Å². The van der Waals surface area contributed by atoms with Crippen LogP contribution >= 0.6 is 0 Å². The number of hydrogen-bond donors (Lipinski definition) is 0. The Labute approximate surface area is 128 Å². The Morgan fingerprint density at radius 1 is 0.810 bits per heavy atom. The summed E-state index contributed by atoms with van der Waals surface area (Å²) in [6.45, 7) is 14.6. The molecule has 0 amide bonds. The van der Waals surface area contributed by atoms with E-state index < -0.39 is 0 Å². The Kier molecular flexibility index (Phi) is 6.11. The molecule has 0 aromatic rings. The predicted octanol–water partition coefficient (Wildman–Crippen LogP) is 2.89. The normalized spacial score (nSPS) is 27.3. The van der Waals surface area contributed by atoms with Crippen molar-refractivity contribution in [2.45, 2.75) is 48.0 Å². The van der Waals surface area contributed by atoms with Gasteiger partial charge in [0.25, 0.3) is 0 Å². The molecule has 0 N–H and O–H groups in total. The summed E-state index contributed by atoms with van der Waals surface area (Å²) >= 11 is 0. The first-order chi connectivity index (χ1) is 9.53. The number of ether oxygens (including phenoxy) is 2. The smallest absolute Gasteiger partial charge is 0.164 e. The van der Waals surface area contributed by atoms with Gasteiger partial charge in [0, 0.05) is 18.4 Å². The molecular formula is C17H30O4. The molecule has 0 aromatic carbocycles. The summed E-state index contributed by atoms with van der Waals surface area (Å²) in [5.41, 5.74) is 0.189. The van der Waals surface area contributed by atoms with Crippen molar-refractivity contribution in [1.29, 1.82) is 0 Å². The average Bonchev–Trinajstić information content (AvgIpc) is 2.75. The molecule has 4 nitrogen and oxygen atoms in total. The van der Waals surface area contributed by atoms with Gasteiger partial charge in [0.05, 0.1) is 6.61 Å². The summed E-state index contributed by atoms with van der Waals surface area (Å²) in [7, 11) is 0. The third-order valence-electron chi connectivity index (χ3n) is 4.19. The van der Waals surface area contributed by atoms with Crippen LogP contribution in [0, 0.1) is 22.7 Å². The Morgan fingerprint density at radius 2 is 1.29 bits per heavy atom. The van der Waals surface area contributed by atoms with Gasteiger partial charge in [0.1, 0.15) is 13.2 Å². The largest absolute Gasteiger partial charge is 0.374 e. The van der Waals surface area contributed by atoms with Crippen LogP contribution < -0.4 is 0 Å².